The maximum Gasteiger partial charge on any atom is 0.333 e. The number of esters is 1. The molecule has 0 spiro atoms. The molecule has 4 heteroatoms. The van der Waals surface area contributed by atoms with Crippen LogP contribution in [0.15, 0.2) is 35.9 Å². The topological polar surface area (TPSA) is 47.6 Å². The molecular formula is C16H23NO3. The smallest absolute Gasteiger partial charge is 0.333 e. The maximum absolute atomic E-state index is 11.2. The lowest BCUT2D eigenvalue weighted by Gasteiger charge is -2.10. The highest BCUT2D eigenvalue weighted by atomic mass is 16.5. The van der Waals surface area contributed by atoms with Crippen LogP contribution in [0.25, 0.3) is 0 Å². The fraction of sp³-hybridized carbons (Fsp3) is 0.438. The molecule has 1 aromatic rings. The molecule has 0 fully saturated rings. The van der Waals surface area contributed by atoms with Crippen LogP contribution in [0.3, 0.4) is 0 Å². The van der Waals surface area contributed by atoms with Crippen molar-refractivity contribution in [1.82, 2.24) is 5.32 Å². The van der Waals surface area contributed by atoms with E-state index in [2.05, 4.69) is 22.2 Å². The van der Waals surface area contributed by atoms with E-state index in [9.17, 15) is 4.79 Å². The summed E-state index contributed by atoms with van der Waals surface area (Å²) in [5.74, 6) is -0.288. The van der Waals surface area contributed by atoms with Gasteiger partial charge in [-0.25, -0.2) is 4.79 Å². The Labute approximate surface area is 120 Å². The Morgan fingerprint density at radius 2 is 2.00 bits per heavy atom. The van der Waals surface area contributed by atoms with E-state index in [0.717, 1.165) is 6.54 Å². The van der Waals surface area contributed by atoms with Crippen molar-refractivity contribution in [2.75, 3.05) is 20.3 Å². The zero-order valence-corrected chi connectivity index (χ0v) is 12.4. The Bertz CT molecular complexity index is 455. The van der Waals surface area contributed by atoms with Gasteiger partial charge in [0.1, 0.15) is 0 Å². The fourth-order valence-electron chi connectivity index (χ4n) is 1.76. The Morgan fingerprint density at radius 3 is 2.65 bits per heavy atom. The average molecular weight is 277 g/mol. The van der Waals surface area contributed by atoms with Gasteiger partial charge >= 0.3 is 5.97 Å². The van der Waals surface area contributed by atoms with Gasteiger partial charge in [0.25, 0.3) is 0 Å². The first-order valence-electron chi connectivity index (χ1n) is 6.79. The zero-order valence-electron chi connectivity index (χ0n) is 12.4. The molecule has 0 bridgehead atoms. The lowest BCUT2D eigenvalue weighted by atomic mass is 10.1. The molecule has 0 saturated carbocycles. The van der Waals surface area contributed by atoms with Gasteiger partial charge < -0.3 is 14.8 Å². The van der Waals surface area contributed by atoms with Crippen LogP contribution in [0, 0.1) is 0 Å². The van der Waals surface area contributed by atoms with E-state index in [1.165, 1.54) is 18.2 Å². The van der Waals surface area contributed by atoms with Crippen LogP contribution in [0.2, 0.25) is 0 Å². The average Bonchev–Trinajstić information content (AvgIpc) is 2.49. The van der Waals surface area contributed by atoms with E-state index in [-0.39, 0.29) is 5.97 Å². The highest BCUT2D eigenvalue weighted by Gasteiger charge is 2.03. The van der Waals surface area contributed by atoms with E-state index in [4.69, 9.17) is 4.74 Å². The molecule has 0 saturated heterocycles. The Balaban J connectivity index is 2.47. The van der Waals surface area contributed by atoms with Crippen molar-refractivity contribution < 1.29 is 14.3 Å². The second kappa shape index (κ2) is 9.28. The predicted octanol–water partition coefficient (Wildman–Crippen LogP) is 2.43. The van der Waals surface area contributed by atoms with Gasteiger partial charge in [0.15, 0.2) is 0 Å². The molecule has 0 aromatic heterocycles. The van der Waals surface area contributed by atoms with Crippen LogP contribution in [0.4, 0.5) is 0 Å². The molecule has 1 N–H and O–H groups in total. The summed E-state index contributed by atoms with van der Waals surface area (Å²) < 4.78 is 10.1. The summed E-state index contributed by atoms with van der Waals surface area (Å²) in [6, 6.07) is 8.18. The van der Waals surface area contributed by atoms with E-state index in [0.29, 0.717) is 25.3 Å². The summed E-state index contributed by atoms with van der Waals surface area (Å²) in [6.07, 6.45) is 1.83. The third kappa shape index (κ3) is 5.55. The molecule has 0 aliphatic heterocycles. The first-order valence-corrected chi connectivity index (χ1v) is 6.79. The molecule has 0 radical (unpaired) electrons. The van der Waals surface area contributed by atoms with Crippen LogP contribution in [0.1, 0.15) is 25.0 Å². The largest absolute Gasteiger partial charge is 0.466 e. The summed E-state index contributed by atoms with van der Waals surface area (Å²) in [5, 5.41) is 3.29. The molecule has 110 valence electrons. The maximum atomic E-state index is 11.2. The van der Waals surface area contributed by atoms with Crippen molar-refractivity contribution >= 4 is 5.97 Å². The van der Waals surface area contributed by atoms with Crippen molar-refractivity contribution in [2.45, 2.75) is 27.0 Å². The van der Waals surface area contributed by atoms with Gasteiger partial charge in [0, 0.05) is 25.3 Å². The number of benzene rings is 1. The van der Waals surface area contributed by atoms with Crippen molar-refractivity contribution in [3.63, 3.8) is 0 Å². The molecule has 0 atom stereocenters. The van der Waals surface area contributed by atoms with Crippen LogP contribution in [0.5, 0.6) is 0 Å². The van der Waals surface area contributed by atoms with Crippen LogP contribution >= 0.6 is 0 Å². The minimum atomic E-state index is -0.288. The number of ether oxygens (including phenoxy) is 2. The van der Waals surface area contributed by atoms with Crippen LogP contribution in [-0.2, 0) is 27.4 Å². The van der Waals surface area contributed by atoms with Crippen molar-refractivity contribution in [1.29, 1.82) is 0 Å². The number of carbonyl (C=O) groups excluding carboxylic acids is 1. The summed E-state index contributed by atoms with van der Waals surface area (Å²) in [7, 11) is 1.39. The first kappa shape index (κ1) is 16.4. The second-order valence-corrected chi connectivity index (χ2v) is 4.42. The molecule has 0 unspecified atom stereocenters. The molecule has 1 rings (SSSR count). The van der Waals surface area contributed by atoms with E-state index in [1.54, 1.807) is 6.92 Å². The number of nitrogens with one attached hydrogen (secondary N) is 1. The number of carbonyl (C=O) groups is 1. The SMILES string of the molecule is CCOCc1ccccc1CNC/C=C(/C)C(=O)OC. The second-order valence-electron chi connectivity index (χ2n) is 4.42. The van der Waals surface area contributed by atoms with Gasteiger partial charge in [-0.05, 0) is 25.0 Å². The minimum Gasteiger partial charge on any atom is -0.466 e. The molecule has 0 amide bonds. The van der Waals surface area contributed by atoms with Gasteiger partial charge in [-0.2, -0.15) is 0 Å². The summed E-state index contributed by atoms with van der Waals surface area (Å²) in [5.41, 5.74) is 3.02. The highest BCUT2D eigenvalue weighted by molar-refractivity contribution is 5.87. The normalized spacial score (nSPS) is 11.4. The monoisotopic (exact) mass is 277 g/mol. The van der Waals surface area contributed by atoms with E-state index in [1.807, 2.05) is 25.1 Å². The third-order valence-corrected chi connectivity index (χ3v) is 2.96. The first-order chi connectivity index (χ1) is 9.69. The molecule has 0 heterocycles. The predicted molar refractivity (Wildman–Crippen MR) is 79.3 cm³/mol. The fourth-order valence-corrected chi connectivity index (χ4v) is 1.76. The van der Waals surface area contributed by atoms with Gasteiger partial charge in [-0.1, -0.05) is 30.3 Å². The number of hydrogen-bond acceptors (Lipinski definition) is 4. The van der Waals surface area contributed by atoms with Gasteiger partial charge in [-0.15, -0.1) is 0 Å². The van der Waals surface area contributed by atoms with Gasteiger partial charge in [0.2, 0.25) is 0 Å². The highest BCUT2D eigenvalue weighted by Crippen LogP contribution is 2.09. The summed E-state index contributed by atoms with van der Waals surface area (Å²) in [4.78, 5) is 11.2. The Kier molecular flexibility index (Phi) is 7.62. The van der Waals surface area contributed by atoms with Crippen LogP contribution < -0.4 is 5.32 Å². The molecule has 20 heavy (non-hydrogen) atoms. The minimum absolute atomic E-state index is 0.288. The number of methoxy groups -OCH3 is 1. The molecular weight excluding hydrogens is 254 g/mol. The molecule has 0 aliphatic carbocycles. The summed E-state index contributed by atoms with van der Waals surface area (Å²) in [6.45, 7) is 6.45. The number of rotatable bonds is 8. The molecule has 1 aromatic carbocycles. The molecule has 4 nitrogen and oxygen atoms in total. The zero-order chi connectivity index (χ0) is 14.8. The Morgan fingerprint density at radius 1 is 1.30 bits per heavy atom. The van der Waals surface area contributed by atoms with E-state index < -0.39 is 0 Å². The number of hydrogen-bond donors (Lipinski definition) is 1. The lowest BCUT2D eigenvalue weighted by molar-refractivity contribution is -0.136. The third-order valence-electron chi connectivity index (χ3n) is 2.96. The van der Waals surface area contributed by atoms with E-state index >= 15 is 0 Å². The van der Waals surface area contributed by atoms with Crippen LogP contribution in [-0.4, -0.2) is 26.2 Å². The van der Waals surface area contributed by atoms with Gasteiger partial charge in [-0.3, -0.25) is 0 Å². The van der Waals surface area contributed by atoms with Gasteiger partial charge in [0.05, 0.1) is 13.7 Å². The summed E-state index contributed by atoms with van der Waals surface area (Å²) >= 11 is 0. The molecule has 0 aliphatic rings. The van der Waals surface area contributed by atoms with Crippen molar-refractivity contribution in [3.8, 4) is 0 Å². The Hall–Kier alpha value is -1.65. The van der Waals surface area contributed by atoms with Crippen molar-refractivity contribution in [3.05, 3.63) is 47.0 Å². The quantitative estimate of drug-likeness (QED) is 0.450. The lowest BCUT2D eigenvalue weighted by Crippen LogP contribution is -2.16. The van der Waals surface area contributed by atoms with Crippen molar-refractivity contribution in [2.24, 2.45) is 0 Å². The standard InChI is InChI=1S/C16H23NO3/c1-4-20-12-15-8-6-5-7-14(15)11-17-10-9-13(2)16(18)19-3/h5-9,17H,4,10-12H2,1-3H3/b13-9-.